The zero-order valence-corrected chi connectivity index (χ0v) is 8.82. The number of rotatable bonds is 2. The molecule has 2 unspecified atom stereocenters. The van der Waals surface area contributed by atoms with Crippen LogP contribution in [0, 0.1) is 5.92 Å². The summed E-state index contributed by atoms with van der Waals surface area (Å²) in [5, 5.41) is 19.1. The highest BCUT2D eigenvalue weighted by molar-refractivity contribution is 4.80. The van der Waals surface area contributed by atoms with E-state index in [2.05, 4.69) is 11.8 Å². The minimum atomic E-state index is -0.623. The smallest absolute Gasteiger partial charge is 0.0718 e. The lowest BCUT2D eigenvalue weighted by atomic mass is 9.95. The molecule has 0 spiro atoms. The maximum absolute atomic E-state index is 9.62. The number of hydrogen-bond acceptors (Lipinski definition) is 3. The second kappa shape index (κ2) is 3.95. The quantitative estimate of drug-likeness (QED) is 0.660. The molecule has 0 bridgehead atoms. The summed E-state index contributed by atoms with van der Waals surface area (Å²) in [5.74, 6) is 0.330. The van der Waals surface area contributed by atoms with E-state index in [9.17, 15) is 10.2 Å². The van der Waals surface area contributed by atoms with Crippen LogP contribution in [0.15, 0.2) is 0 Å². The molecule has 0 aromatic carbocycles. The van der Waals surface area contributed by atoms with E-state index in [4.69, 9.17) is 0 Å². The summed E-state index contributed by atoms with van der Waals surface area (Å²) >= 11 is 0. The number of hydrogen-bond donors (Lipinski definition) is 2. The van der Waals surface area contributed by atoms with Crippen LogP contribution in [-0.4, -0.2) is 46.5 Å². The van der Waals surface area contributed by atoms with Crippen molar-refractivity contribution < 1.29 is 10.2 Å². The van der Waals surface area contributed by atoms with Crippen LogP contribution in [0.3, 0.4) is 0 Å². The Kier molecular flexibility index (Phi) is 3.33. The van der Waals surface area contributed by atoms with E-state index in [0.717, 1.165) is 19.5 Å². The molecule has 0 aliphatic carbocycles. The Hall–Kier alpha value is -0.120. The maximum Gasteiger partial charge on any atom is 0.0718 e. The van der Waals surface area contributed by atoms with Crippen molar-refractivity contribution >= 4 is 0 Å². The number of aliphatic hydroxyl groups excluding tert-OH is 1. The van der Waals surface area contributed by atoms with Crippen molar-refractivity contribution in [2.24, 2.45) is 5.92 Å². The minimum absolute atomic E-state index is 0.155. The Balaban J connectivity index is 2.38. The molecule has 0 aromatic heterocycles. The Labute approximate surface area is 80.4 Å². The van der Waals surface area contributed by atoms with Gasteiger partial charge in [-0.05, 0) is 26.2 Å². The summed E-state index contributed by atoms with van der Waals surface area (Å²) in [6.45, 7) is 8.19. The molecule has 1 aliphatic heterocycles. The molecule has 1 heterocycles. The fourth-order valence-corrected chi connectivity index (χ4v) is 1.91. The van der Waals surface area contributed by atoms with Crippen LogP contribution in [0.1, 0.15) is 27.2 Å². The van der Waals surface area contributed by atoms with Crippen LogP contribution in [0.4, 0.5) is 0 Å². The van der Waals surface area contributed by atoms with Crippen molar-refractivity contribution in [2.45, 2.75) is 38.9 Å². The average molecular weight is 187 g/mol. The molecule has 1 saturated heterocycles. The third kappa shape index (κ3) is 3.63. The molecule has 78 valence electrons. The summed E-state index contributed by atoms with van der Waals surface area (Å²) in [7, 11) is 0. The van der Waals surface area contributed by atoms with Crippen molar-refractivity contribution in [3.63, 3.8) is 0 Å². The standard InChI is InChI=1S/C10H21NO2/c1-8-6-11(5-4-9(8)12)7-10(2,3)13/h8-9,12-13H,4-7H2,1-3H3. The van der Waals surface area contributed by atoms with Crippen LogP contribution in [0.25, 0.3) is 0 Å². The molecule has 0 radical (unpaired) electrons. The fourth-order valence-electron chi connectivity index (χ4n) is 1.91. The molecule has 13 heavy (non-hydrogen) atoms. The number of piperidine rings is 1. The van der Waals surface area contributed by atoms with Gasteiger partial charge in [0.15, 0.2) is 0 Å². The van der Waals surface area contributed by atoms with Crippen LogP contribution >= 0.6 is 0 Å². The van der Waals surface area contributed by atoms with Crippen LogP contribution in [0.5, 0.6) is 0 Å². The van der Waals surface area contributed by atoms with E-state index < -0.39 is 5.60 Å². The van der Waals surface area contributed by atoms with E-state index in [1.807, 2.05) is 13.8 Å². The van der Waals surface area contributed by atoms with Gasteiger partial charge in [0.1, 0.15) is 0 Å². The van der Waals surface area contributed by atoms with Crippen molar-refractivity contribution in [1.29, 1.82) is 0 Å². The molecular weight excluding hydrogens is 166 g/mol. The van der Waals surface area contributed by atoms with E-state index in [1.165, 1.54) is 0 Å². The third-order valence-corrected chi connectivity index (χ3v) is 2.55. The van der Waals surface area contributed by atoms with Gasteiger partial charge in [0.25, 0.3) is 0 Å². The normalized spacial score (nSPS) is 32.1. The molecule has 0 saturated carbocycles. The predicted molar refractivity (Wildman–Crippen MR) is 52.5 cm³/mol. The maximum atomic E-state index is 9.62. The highest BCUT2D eigenvalue weighted by atomic mass is 16.3. The lowest BCUT2D eigenvalue weighted by Gasteiger charge is -2.37. The van der Waals surface area contributed by atoms with Crippen LogP contribution in [-0.2, 0) is 0 Å². The highest BCUT2D eigenvalue weighted by Gasteiger charge is 2.27. The predicted octanol–water partition coefficient (Wildman–Crippen LogP) is 0.460. The van der Waals surface area contributed by atoms with Gasteiger partial charge in [-0.1, -0.05) is 6.92 Å². The number of β-amino-alcohol motifs (C(OH)–C–C–N with tert-alkyl or cyclic N) is 1. The van der Waals surface area contributed by atoms with Gasteiger partial charge in [-0.15, -0.1) is 0 Å². The Morgan fingerprint density at radius 3 is 2.54 bits per heavy atom. The second-order valence-electron chi connectivity index (χ2n) is 4.88. The summed E-state index contributed by atoms with van der Waals surface area (Å²) in [6.07, 6.45) is 0.676. The number of aliphatic hydroxyl groups is 2. The molecule has 2 N–H and O–H groups in total. The third-order valence-electron chi connectivity index (χ3n) is 2.55. The highest BCUT2D eigenvalue weighted by Crippen LogP contribution is 2.18. The molecule has 1 rings (SSSR count). The fraction of sp³-hybridized carbons (Fsp3) is 1.00. The van der Waals surface area contributed by atoms with Gasteiger partial charge in [-0.3, -0.25) is 0 Å². The van der Waals surface area contributed by atoms with E-state index >= 15 is 0 Å². The topological polar surface area (TPSA) is 43.7 Å². The van der Waals surface area contributed by atoms with Gasteiger partial charge in [-0.25, -0.2) is 0 Å². The molecule has 0 aromatic rings. The largest absolute Gasteiger partial charge is 0.393 e. The van der Waals surface area contributed by atoms with Gasteiger partial charge in [0.05, 0.1) is 11.7 Å². The molecule has 0 amide bonds. The first kappa shape index (κ1) is 11.0. The lowest BCUT2D eigenvalue weighted by Crippen LogP contribution is -2.47. The Bertz CT molecular complexity index is 165. The van der Waals surface area contributed by atoms with Gasteiger partial charge in [0, 0.05) is 19.6 Å². The Morgan fingerprint density at radius 2 is 2.08 bits per heavy atom. The minimum Gasteiger partial charge on any atom is -0.393 e. The van der Waals surface area contributed by atoms with Crippen LogP contribution in [0.2, 0.25) is 0 Å². The molecule has 3 nitrogen and oxygen atoms in total. The molecule has 1 fully saturated rings. The first-order valence-corrected chi connectivity index (χ1v) is 5.01. The summed E-state index contributed by atoms with van der Waals surface area (Å²) in [5.41, 5.74) is -0.623. The summed E-state index contributed by atoms with van der Waals surface area (Å²) in [6, 6.07) is 0. The molecule has 1 aliphatic rings. The van der Waals surface area contributed by atoms with E-state index in [-0.39, 0.29) is 6.10 Å². The van der Waals surface area contributed by atoms with Gasteiger partial charge in [-0.2, -0.15) is 0 Å². The van der Waals surface area contributed by atoms with Crippen molar-refractivity contribution in [2.75, 3.05) is 19.6 Å². The molecule has 3 heteroatoms. The van der Waals surface area contributed by atoms with Gasteiger partial charge in [0.2, 0.25) is 0 Å². The number of nitrogens with zero attached hydrogens (tertiary/aromatic N) is 1. The molecule has 2 atom stereocenters. The van der Waals surface area contributed by atoms with Crippen molar-refractivity contribution in [3.8, 4) is 0 Å². The summed E-state index contributed by atoms with van der Waals surface area (Å²) < 4.78 is 0. The monoisotopic (exact) mass is 187 g/mol. The number of likely N-dealkylation sites (tertiary alicyclic amines) is 1. The Morgan fingerprint density at radius 1 is 1.46 bits per heavy atom. The average Bonchev–Trinajstić information content (AvgIpc) is 1.94. The van der Waals surface area contributed by atoms with Crippen molar-refractivity contribution in [3.05, 3.63) is 0 Å². The van der Waals surface area contributed by atoms with Gasteiger partial charge >= 0.3 is 0 Å². The second-order valence-corrected chi connectivity index (χ2v) is 4.88. The van der Waals surface area contributed by atoms with Crippen molar-refractivity contribution in [1.82, 2.24) is 4.90 Å². The lowest BCUT2D eigenvalue weighted by molar-refractivity contribution is -0.0120. The van der Waals surface area contributed by atoms with E-state index in [1.54, 1.807) is 0 Å². The molecular formula is C10H21NO2. The first-order valence-electron chi connectivity index (χ1n) is 5.01. The summed E-state index contributed by atoms with van der Waals surface area (Å²) in [4.78, 5) is 2.22. The van der Waals surface area contributed by atoms with E-state index in [0.29, 0.717) is 12.5 Å². The zero-order valence-electron chi connectivity index (χ0n) is 8.82. The zero-order chi connectivity index (χ0) is 10.1. The SMILES string of the molecule is CC1CN(CC(C)(C)O)CCC1O. The van der Waals surface area contributed by atoms with Crippen LogP contribution < -0.4 is 0 Å². The first-order chi connectivity index (χ1) is 5.88. The van der Waals surface area contributed by atoms with Gasteiger partial charge < -0.3 is 15.1 Å².